The zero-order chi connectivity index (χ0) is 17.2. The lowest BCUT2D eigenvalue weighted by Gasteiger charge is -2.27. The fourth-order valence-corrected chi connectivity index (χ4v) is 3.02. The number of guanidine groups is 1. The van der Waals surface area contributed by atoms with E-state index in [2.05, 4.69) is 64.7 Å². The second-order valence-corrected chi connectivity index (χ2v) is 6.60. The van der Waals surface area contributed by atoms with Crippen LogP contribution in [0.1, 0.15) is 25.3 Å². The van der Waals surface area contributed by atoms with Crippen LogP contribution in [-0.4, -0.2) is 63.8 Å². The summed E-state index contributed by atoms with van der Waals surface area (Å²) in [5.74, 6) is 1.93. The zero-order valence-corrected chi connectivity index (χ0v) is 15.3. The van der Waals surface area contributed by atoms with Gasteiger partial charge < -0.3 is 15.4 Å². The second kappa shape index (κ2) is 10.3. The van der Waals surface area contributed by atoms with E-state index < -0.39 is 0 Å². The molecule has 1 aromatic carbocycles. The van der Waals surface area contributed by atoms with Crippen molar-refractivity contribution in [3.8, 4) is 0 Å². The molecule has 0 radical (unpaired) electrons. The molecule has 0 bridgehead atoms. The predicted octanol–water partition coefficient (Wildman–Crippen LogP) is 1.92. The topological polar surface area (TPSA) is 48.9 Å². The number of aliphatic imine (C=N–C) groups is 1. The minimum atomic E-state index is 0.476. The van der Waals surface area contributed by atoms with Gasteiger partial charge in [-0.25, -0.2) is 0 Å². The van der Waals surface area contributed by atoms with Crippen LogP contribution < -0.4 is 10.6 Å². The van der Waals surface area contributed by atoms with Crippen LogP contribution in [0.25, 0.3) is 0 Å². The normalized spacial score (nSPS) is 17.8. The van der Waals surface area contributed by atoms with Crippen LogP contribution in [-0.2, 0) is 4.74 Å². The molecule has 1 fully saturated rings. The first-order valence-electron chi connectivity index (χ1n) is 9.00. The Morgan fingerprint density at radius 2 is 1.88 bits per heavy atom. The summed E-state index contributed by atoms with van der Waals surface area (Å²) in [5.41, 5.74) is 1.38. The van der Waals surface area contributed by atoms with E-state index in [0.29, 0.717) is 11.8 Å². The maximum absolute atomic E-state index is 5.38. The third kappa shape index (κ3) is 6.13. The van der Waals surface area contributed by atoms with Gasteiger partial charge in [-0.1, -0.05) is 44.2 Å². The van der Waals surface area contributed by atoms with Gasteiger partial charge in [0.25, 0.3) is 0 Å². The largest absolute Gasteiger partial charge is 0.379 e. The Balaban J connectivity index is 1.77. The SMILES string of the molecule is CN=C(NCCN1CCOCC1)NCC(c1ccccc1)C(C)C. The molecule has 134 valence electrons. The molecule has 1 heterocycles. The molecule has 0 saturated carbocycles. The van der Waals surface area contributed by atoms with Gasteiger partial charge in [-0.3, -0.25) is 9.89 Å². The van der Waals surface area contributed by atoms with E-state index in [1.54, 1.807) is 0 Å². The molecule has 2 N–H and O–H groups in total. The molecule has 24 heavy (non-hydrogen) atoms. The van der Waals surface area contributed by atoms with Gasteiger partial charge in [-0.2, -0.15) is 0 Å². The monoisotopic (exact) mass is 332 g/mol. The molecule has 0 aliphatic carbocycles. The lowest BCUT2D eigenvalue weighted by atomic mass is 9.88. The Bertz CT molecular complexity index is 483. The van der Waals surface area contributed by atoms with E-state index in [-0.39, 0.29) is 0 Å². The highest BCUT2D eigenvalue weighted by Crippen LogP contribution is 2.23. The summed E-state index contributed by atoms with van der Waals surface area (Å²) in [4.78, 5) is 6.77. The standard InChI is InChI=1S/C19H32N4O/c1-16(2)18(17-7-5-4-6-8-17)15-22-19(20-3)21-9-10-23-11-13-24-14-12-23/h4-8,16,18H,9-15H2,1-3H3,(H2,20,21,22). The molecule has 1 atom stereocenters. The molecular weight excluding hydrogens is 300 g/mol. The van der Waals surface area contributed by atoms with Gasteiger partial charge in [0.05, 0.1) is 13.2 Å². The van der Waals surface area contributed by atoms with Crippen LogP contribution in [0.2, 0.25) is 0 Å². The smallest absolute Gasteiger partial charge is 0.191 e. The van der Waals surface area contributed by atoms with Gasteiger partial charge in [-0.15, -0.1) is 0 Å². The van der Waals surface area contributed by atoms with E-state index in [1.807, 2.05) is 7.05 Å². The highest BCUT2D eigenvalue weighted by Gasteiger charge is 2.16. The average Bonchev–Trinajstić information content (AvgIpc) is 2.62. The fourth-order valence-electron chi connectivity index (χ4n) is 3.02. The van der Waals surface area contributed by atoms with Crippen LogP contribution in [0.15, 0.2) is 35.3 Å². The molecule has 2 rings (SSSR count). The van der Waals surface area contributed by atoms with Crippen LogP contribution >= 0.6 is 0 Å². The molecule has 1 aliphatic rings. The zero-order valence-electron chi connectivity index (χ0n) is 15.3. The summed E-state index contributed by atoms with van der Waals surface area (Å²) in [6.07, 6.45) is 0. The number of benzene rings is 1. The van der Waals surface area contributed by atoms with E-state index in [0.717, 1.165) is 51.9 Å². The number of ether oxygens (including phenoxy) is 1. The number of nitrogens with one attached hydrogen (secondary N) is 2. The molecule has 1 unspecified atom stereocenters. The molecule has 5 nitrogen and oxygen atoms in total. The number of nitrogens with zero attached hydrogens (tertiary/aromatic N) is 2. The van der Waals surface area contributed by atoms with Gasteiger partial charge in [0, 0.05) is 45.7 Å². The molecule has 0 aromatic heterocycles. The van der Waals surface area contributed by atoms with Gasteiger partial charge in [0.15, 0.2) is 5.96 Å². The fraction of sp³-hybridized carbons (Fsp3) is 0.632. The Morgan fingerprint density at radius 3 is 2.50 bits per heavy atom. The van der Waals surface area contributed by atoms with Crippen molar-refractivity contribution in [1.29, 1.82) is 0 Å². The van der Waals surface area contributed by atoms with Crippen molar-refractivity contribution < 1.29 is 4.74 Å². The first kappa shape index (κ1) is 18.7. The van der Waals surface area contributed by atoms with Gasteiger partial charge in [0.1, 0.15) is 0 Å². The minimum absolute atomic E-state index is 0.476. The number of rotatable bonds is 7. The Hall–Kier alpha value is -1.59. The van der Waals surface area contributed by atoms with Crippen LogP contribution in [0.5, 0.6) is 0 Å². The molecule has 0 amide bonds. The number of hydrogen-bond acceptors (Lipinski definition) is 3. The van der Waals surface area contributed by atoms with Crippen molar-refractivity contribution in [2.24, 2.45) is 10.9 Å². The first-order chi connectivity index (χ1) is 11.7. The summed E-state index contributed by atoms with van der Waals surface area (Å²) in [6.45, 7) is 11.1. The van der Waals surface area contributed by atoms with E-state index >= 15 is 0 Å². The number of morpholine rings is 1. The Labute approximate surface area is 146 Å². The average molecular weight is 332 g/mol. The van der Waals surface area contributed by atoms with E-state index in [1.165, 1.54) is 5.56 Å². The maximum atomic E-state index is 5.38. The van der Waals surface area contributed by atoms with E-state index in [4.69, 9.17) is 4.74 Å². The molecular formula is C19H32N4O. The van der Waals surface area contributed by atoms with Crippen molar-refractivity contribution in [1.82, 2.24) is 15.5 Å². The molecule has 1 aliphatic heterocycles. The molecule has 1 aromatic rings. The Kier molecular flexibility index (Phi) is 8.05. The third-order valence-electron chi connectivity index (χ3n) is 4.57. The molecule has 5 heteroatoms. The van der Waals surface area contributed by atoms with Crippen molar-refractivity contribution >= 4 is 5.96 Å². The Morgan fingerprint density at radius 1 is 1.17 bits per heavy atom. The minimum Gasteiger partial charge on any atom is -0.379 e. The highest BCUT2D eigenvalue weighted by molar-refractivity contribution is 5.79. The molecule has 1 saturated heterocycles. The lowest BCUT2D eigenvalue weighted by Crippen LogP contribution is -2.45. The summed E-state index contributed by atoms with van der Waals surface area (Å²) in [5, 5.41) is 6.90. The van der Waals surface area contributed by atoms with Crippen LogP contribution in [0.4, 0.5) is 0 Å². The summed E-state index contributed by atoms with van der Waals surface area (Å²) in [6, 6.07) is 10.7. The van der Waals surface area contributed by atoms with Gasteiger partial charge in [0.2, 0.25) is 0 Å². The lowest BCUT2D eigenvalue weighted by molar-refractivity contribution is 0.0389. The highest BCUT2D eigenvalue weighted by atomic mass is 16.5. The number of hydrogen-bond donors (Lipinski definition) is 2. The molecule has 0 spiro atoms. The third-order valence-corrected chi connectivity index (χ3v) is 4.57. The summed E-state index contributed by atoms with van der Waals surface area (Å²) >= 11 is 0. The van der Waals surface area contributed by atoms with Crippen LogP contribution in [0.3, 0.4) is 0 Å². The van der Waals surface area contributed by atoms with Crippen molar-refractivity contribution in [2.75, 3.05) is 53.0 Å². The second-order valence-electron chi connectivity index (χ2n) is 6.60. The quantitative estimate of drug-likeness (QED) is 0.592. The summed E-state index contributed by atoms with van der Waals surface area (Å²) in [7, 11) is 1.83. The van der Waals surface area contributed by atoms with Crippen molar-refractivity contribution in [3.63, 3.8) is 0 Å². The first-order valence-corrected chi connectivity index (χ1v) is 9.00. The summed E-state index contributed by atoms with van der Waals surface area (Å²) < 4.78 is 5.38. The van der Waals surface area contributed by atoms with Crippen molar-refractivity contribution in [3.05, 3.63) is 35.9 Å². The van der Waals surface area contributed by atoms with Gasteiger partial charge in [-0.05, 0) is 11.5 Å². The van der Waals surface area contributed by atoms with Crippen LogP contribution in [0, 0.1) is 5.92 Å². The van der Waals surface area contributed by atoms with Crippen molar-refractivity contribution in [2.45, 2.75) is 19.8 Å². The predicted molar refractivity (Wildman–Crippen MR) is 101 cm³/mol. The van der Waals surface area contributed by atoms with Gasteiger partial charge >= 0.3 is 0 Å². The maximum Gasteiger partial charge on any atom is 0.191 e. The van der Waals surface area contributed by atoms with E-state index in [9.17, 15) is 0 Å².